The summed E-state index contributed by atoms with van der Waals surface area (Å²) in [6.45, 7) is 9.79. The Morgan fingerprint density at radius 1 is 1.16 bits per heavy atom. The lowest BCUT2D eigenvalue weighted by Crippen LogP contribution is -2.52. The molecule has 1 aromatic carbocycles. The van der Waals surface area contributed by atoms with Crippen LogP contribution in [-0.4, -0.2) is 3.92 Å². The van der Waals surface area contributed by atoms with E-state index in [4.69, 9.17) is 0 Å². The van der Waals surface area contributed by atoms with Crippen LogP contribution in [0.4, 0.5) is 0 Å². The van der Waals surface area contributed by atoms with Gasteiger partial charge in [-0.15, -0.1) is 0 Å². The van der Waals surface area contributed by atoms with Crippen LogP contribution < -0.4 is 0 Å². The summed E-state index contributed by atoms with van der Waals surface area (Å²) in [4.78, 5) is 0. The summed E-state index contributed by atoms with van der Waals surface area (Å²) < 4.78 is 0.828. The molecule has 0 amide bonds. The predicted octanol–water partition coefficient (Wildman–Crippen LogP) is 5.44. The molecular weight excluding hydrogens is 343 g/mol. The van der Waals surface area contributed by atoms with Crippen molar-refractivity contribution in [3.63, 3.8) is 0 Å². The van der Waals surface area contributed by atoms with Crippen LogP contribution >= 0.6 is 22.6 Å². The molecule has 0 aliphatic heterocycles. The summed E-state index contributed by atoms with van der Waals surface area (Å²) in [5.74, 6) is 0.838. The van der Waals surface area contributed by atoms with Gasteiger partial charge >= 0.3 is 0 Å². The van der Waals surface area contributed by atoms with E-state index in [-0.39, 0.29) is 0 Å². The van der Waals surface area contributed by atoms with Crippen LogP contribution in [0.1, 0.15) is 56.7 Å². The largest absolute Gasteiger partial charge is 0.0820 e. The molecule has 0 bridgehead atoms. The van der Waals surface area contributed by atoms with Crippen molar-refractivity contribution >= 4 is 22.6 Å². The average Bonchev–Trinajstić information content (AvgIpc) is 2.35. The number of hydrogen-bond donors (Lipinski definition) is 0. The first-order valence-corrected chi connectivity index (χ1v) is 8.84. The van der Waals surface area contributed by atoms with Gasteiger partial charge in [0, 0.05) is 3.92 Å². The molecule has 0 N–H and O–H groups in total. The first kappa shape index (κ1) is 13.9. The highest BCUT2D eigenvalue weighted by atomic mass is 127. The fraction of sp³-hybridized carbons (Fsp3) is 0.667. The molecular formula is C18H25I. The lowest BCUT2D eigenvalue weighted by molar-refractivity contribution is 0.0520. The van der Waals surface area contributed by atoms with Crippen LogP contribution in [-0.2, 0) is 11.8 Å². The van der Waals surface area contributed by atoms with E-state index in [1.807, 2.05) is 0 Å². The van der Waals surface area contributed by atoms with Crippen LogP contribution in [0.5, 0.6) is 0 Å². The van der Waals surface area contributed by atoms with Gasteiger partial charge in [0.1, 0.15) is 0 Å². The number of alkyl halides is 1. The minimum absolute atomic E-state index is 0.408. The molecule has 1 aromatic rings. The van der Waals surface area contributed by atoms with Crippen molar-refractivity contribution in [2.24, 2.45) is 11.3 Å². The van der Waals surface area contributed by atoms with Gasteiger partial charge in [-0.2, -0.15) is 0 Å². The number of halogens is 1. The molecule has 2 aliphatic carbocycles. The molecule has 1 saturated carbocycles. The summed E-state index contributed by atoms with van der Waals surface area (Å²) in [6, 6.07) is 7.15. The van der Waals surface area contributed by atoms with Gasteiger partial charge in [0.15, 0.2) is 0 Å². The number of aryl methyl sites for hydroxylation is 2. The molecule has 1 unspecified atom stereocenters. The van der Waals surface area contributed by atoms with E-state index >= 15 is 0 Å². The lowest BCUT2D eigenvalue weighted by atomic mass is 9.50. The minimum Gasteiger partial charge on any atom is -0.0820 e. The Kier molecular flexibility index (Phi) is 3.28. The van der Waals surface area contributed by atoms with Crippen LogP contribution in [0.25, 0.3) is 0 Å². The van der Waals surface area contributed by atoms with Crippen molar-refractivity contribution in [1.82, 2.24) is 0 Å². The zero-order chi connectivity index (χ0) is 13.8. The number of fused-ring (bicyclic) bond motifs is 3. The van der Waals surface area contributed by atoms with Crippen molar-refractivity contribution in [2.45, 2.75) is 62.7 Å². The molecule has 1 heteroatoms. The fourth-order valence-corrected chi connectivity index (χ4v) is 5.51. The van der Waals surface area contributed by atoms with Crippen molar-refractivity contribution < 1.29 is 0 Å². The molecule has 3 rings (SSSR count). The van der Waals surface area contributed by atoms with E-state index < -0.39 is 0 Å². The Morgan fingerprint density at radius 2 is 1.89 bits per heavy atom. The summed E-state index contributed by atoms with van der Waals surface area (Å²) in [5, 5.41) is 0. The Labute approximate surface area is 131 Å². The Morgan fingerprint density at radius 3 is 2.63 bits per heavy atom. The Hall–Kier alpha value is -0.0500. The maximum absolute atomic E-state index is 2.70. The van der Waals surface area contributed by atoms with Crippen molar-refractivity contribution in [2.75, 3.05) is 0 Å². The summed E-state index contributed by atoms with van der Waals surface area (Å²) in [6.07, 6.45) is 5.39. The smallest absolute Gasteiger partial charge is 0.0164 e. The first-order valence-electron chi connectivity index (χ1n) is 7.60. The van der Waals surface area contributed by atoms with E-state index in [1.165, 1.54) is 31.2 Å². The van der Waals surface area contributed by atoms with Crippen molar-refractivity contribution in [3.8, 4) is 0 Å². The summed E-state index contributed by atoms with van der Waals surface area (Å²) in [7, 11) is 0. The zero-order valence-electron chi connectivity index (χ0n) is 12.6. The quantitative estimate of drug-likeness (QED) is 0.423. The third-order valence-corrected chi connectivity index (χ3v) is 8.20. The topological polar surface area (TPSA) is 0 Å². The third-order valence-electron chi connectivity index (χ3n) is 5.97. The highest BCUT2D eigenvalue weighted by Crippen LogP contribution is 2.58. The molecule has 0 aromatic heterocycles. The molecule has 0 saturated heterocycles. The monoisotopic (exact) mass is 368 g/mol. The van der Waals surface area contributed by atoms with Gasteiger partial charge in [0.25, 0.3) is 0 Å². The van der Waals surface area contributed by atoms with Gasteiger partial charge in [-0.25, -0.2) is 0 Å². The van der Waals surface area contributed by atoms with E-state index in [2.05, 4.69) is 68.5 Å². The molecule has 0 radical (unpaired) electrons. The number of rotatable bonds is 0. The minimum atomic E-state index is 0.408. The SMILES string of the molecule is Cc1ccc2c(c1)[C@@]1(C)CC[C@H](I)C(C)(C)C1CC2. The van der Waals surface area contributed by atoms with Crippen LogP contribution in [0.3, 0.4) is 0 Å². The van der Waals surface area contributed by atoms with Crippen molar-refractivity contribution in [3.05, 3.63) is 34.9 Å². The van der Waals surface area contributed by atoms with E-state index in [1.54, 1.807) is 11.1 Å². The normalized spacial score (nSPS) is 36.5. The lowest BCUT2D eigenvalue weighted by Gasteiger charge is -2.56. The van der Waals surface area contributed by atoms with E-state index in [9.17, 15) is 0 Å². The second-order valence-electron chi connectivity index (χ2n) is 7.50. The highest BCUT2D eigenvalue weighted by Gasteiger charge is 2.52. The summed E-state index contributed by atoms with van der Waals surface area (Å²) >= 11 is 2.70. The molecule has 2 aliphatic rings. The van der Waals surface area contributed by atoms with E-state index in [0.29, 0.717) is 10.8 Å². The summed E-state index contributed by atoms with van der Waals surface area (Å²) in [5.41, 5.74) is 5.59. The molecule has 1 fully saturated rings. The zero-order valence-corrected chi connectivity index (χ0v) is 14.8. The molecule has 0 heterocycles. The van der Waals surface area contributed by atoms with Crippen LogP contribution in [0.15, 0.2) is 18.2 Å². The Bertz CT molecular complexity index is 502. The van der Waals surface area contributed by atoms with Gasteiger partial charge in [-0.05, 0) is 60.5 Å². The van der Waals surface area contributed by atoms with Gasteiger partial charge in [-0.3, -0.25) is 0 Å². The van der Waals surface area contributed by atoms with Gasteiger partial charge in [0.05, 0.1) is 0 Å². The molecule has 3 atom stereocenters. The van der Waals surface area contributed by atoms with Gasteiger partial charge in [-0.1, -0.05) is 67.1 Å². The first-order chi connectivity index (χ1) is 8.85. The van der Waals surface area contributed by atoms with Gasteiger partial charge in [0.2, 0.25) is 0 Å². The highest BCUT2D eigenvalue weighted by molar-refractivity contribution is 14.1. The maximum atomic E-state index is 2.70. The van der Waals surface area contributed by atoms with Crippen LogP contribution in [0.2, 0.25) is 0 Å². The number of benzene rings is 1. The fourth-order valence-electron chi connectivity index (χ4n) is 4.76. The molecule has 0 spiro atoms. The van der Waals surface area contributed by atoms with E-state index in [0.717, 1.165) is 9.84 Å². The number of hydrogen-bond acceptors (Lipinski definition) is 0. The Balaban J connectivity index is 2.12. The van der Waals surface area contributed by atoms with Crippen molar-refractivity contribution in [1.29, 1.82) is 0 Å². The second kappa shape index (κ2) is 4.47. The maximum Gasteiger partial charge on any atom is 0.0164 e. The third kappa shape index (κ3) is 1.99. The average molecular weight is 368 g/mol. The predicted molar refractivity (Wildman–Crippen MR) is 91.2 cm³/mol. The molecule has 19 heavy (non-hydrogen) atoms. The molecule has 0 nitrogen and oxygen atoms in total. The standard InChI is InChI=1S/C18H25I/c1-12-5-6-13-7-8-15-17(2,3)16(19)9-10-18(15,4)14(13)11-12/h5-6,11,15-16H,7-10H2,1-4H3/t15?,16-,18+/m0/s1. The molecule has 104 valence electrons. The van der Waals surface area contributed by atoms with Gasteiger partial charge < -0.3 is 0 Å². The second-order valence-corrected chi connectivity index (χ2v) is 9.00. The van der Waals surface area contributed by atoms with Crippen LogP contribution in [0, 0.1) is 18.3 Å².